The largest absolute Gasteiger partial charge is 0.326 e. The maximum atomic E-state index is 12.0. The molecule has 3 rings (SSSR count). The van der Waals surface area contributed by atoms with Gasteiger partial charge in [-0.1, -0.05) is 6.07 Å². The molecular formula is C12H14N2O3S. The highest BCUT2D eigenvalue weighted by atomic mass is 32.2. The maximum absolute atomic E-state index is 12.0. The van der Waals surface area contributed by atoms with Gasteiger partial charge in [0.2, 0.25) is 0 Å². The predicted molar refractivity (Wildman–Crippen MR) is 69.6 cm³/mol. The molecule has 0 bridgehead atoms. The molecule has 0 radical (unpaired) electrons. The monoisotopic (exact) mass is 266 g/mol. The second kappa shape index (κ2) is 3.71. The van der Waals surface area contributed by atoms with Gasteiger partial charge in [-0.3, -0.25) is 4.57 Å². The quantitative estimate of drug-likeness (QED) is 0.837. The molecule has 18 heavy (non-hydrogen) atoms. The number of sulfone groups is 1. The Morgan fingerprint density at radius 3 is 2.83 bits per heavy atom. The van der Waals surface area contributed by atoms with Gasteiger partial charge in [0.25, 0.3) is 0 Å². The SMILES string of the molecule is Cc1ccc2[nH]c(=O)n(C3CCS(=O)(=O)C3)c2c1. The number of aryl methyl sites for hydroxylation is 1. The van der Waals surface area contributed by atoms with Crippen molar-refractivity contribution in [2.24, 2.45) is 0 Å². The average Bonchev–Trinajstić information content (AvgIpc) is 2.77. The maximum Gasteiger partial charge on any atom is 0.326 e. The molecule has 96 valence electrons. The third-order valence-corrected chi connectivity index (χ3v) is 5.20. The van der Waals surface area contributed by atoms with Crippen LogP contribution >= 0.6 is 0 Å². The van der Waals surface area contributed by atoms with Crippen LogP contribution in [0.2, 0.25) is 0 Å². The molecule has 0 saturated carbocycles. The van der Waals surface area contributed by atoms with Crippen LogP contribution in [0.4, 0.5) is 0 Å². The van der Waals surface area contributed by atoms with Crippen molar-refractivity contribution in [2.75, 3.05) is 11.5 Å². The van der Waals surface area contributed by atoms with Gasteiger partial charge in [0.05, 0.1) is 28.6 Å². The van der Waals surface area contributed by atoms with Gasteiger partial charge >= 0.3 is 5.69 Å². The van der Waals surface area contributed by atoms with Gasteiger partial charge in [0.15, 0.2) is 9.84 Å². The fourth-order valence-corrected chi connectivity index (χ4v) is 4.27. The van der Waals surface area contributed by atoms with E-state index in [-0.39, 0.29) is 23.2 Å². The molecule has 0 aliphatic carbocycles. The van der Waals surface area contributed by atoms with Gasteiger partial charge in [0.1, 0.15) is 0 Å². The zero-order chi connectivity index (χ0) is 12.9. The number of nitrogens with zero attached hydrogens (tertiary/aromatic N) is 1. The van der Waals surface area contributed by atoms with Gasteiger partial charge in [-0.2, -0.15) is 0 Å². The number of aromatic nitrogens is 2. The van der Waals surface area contributed by atoms with Gasteiger partial charge in [-0.15, -0.1) is 0 Å². The van der Waals surface area contributed by atoms with Crippen LogP contribution < -0.4 is 5.69 Å². The lowest BCUT2D eigenvalue weighted by molar-refractivity contribution is 0.554. The summed E-state index contributed by atoms with van der Waals surface area (Å²) in [6, 6.07) is 5.45. The van der Waals surface area contributed by atoms with Crippen molar-refractivity contribution in [3.63, 3.8) is 0 Å². The molecular weight excluding hydrogens is 252 g/mol. The average molecular weight is 266 g/mol. The summed E-state index contributed by atoms with van der Waals surface area (Å²) in [5.41, 5.74) is 2.38. The van der Waals surface area contributed by atoms with Crippen molar-refractivity contribution < 1.29 is 8.42 Å². The Bertz CT molecular complexity index is 770. The number of rotatable bonds is 1. The number of nitrogens with one attached hydrogen (secondary N) is 1. The first kappa shape index (κ1) is 11.5. The molecule has 1 atom stereocenters. The van der Waals surface area contributed by atoms with Crippen LogP contribution in [0.1, 0.15) is 18.0 Å². The Kier molecular flexibility index (Phi) is 2.38. The minimum absolute atomic E-state index is 0.0633. The molecule has 1 fully saturated rings. The number of fused-ring (bicyclic) bond motifs is 1. The van der Waals surface area contributed by atoms with Gasteiger partial charge < -0.3 is 4.98 Å². The first-order valence-corrected chi connectivity index (χ1v) is 7.70. The summed E-state index contributed by atoms with van der Waals surface area (Å²) in [6.45, 7) is 1.95. The summed E-state index contributed by atoms with van der Waals surface area (Å²) in [5.74, 6) is 0.233. The molecule has 1 saturated heterocycles. The third-order valence-electron chi connectivity index (χ3n) is 3.45. The van der Waals surface area contributed by atoms with Crippen molar-refractivity contribution in [1.29, 1.82) is 0 Å². The van der Waals surface area contributed by atoms with E-state index in [9.17, 15) is 13.2 Å². The molecule has 0 amide bonds. The molecule has 1 aliphatic rings. The molecule has 1 aromatic carbocycles. The van der Waals surface area contributed by atoms with E-state index in [1.807, 2.05) is 25.1 Å². The molecule has 2 heterocycles. The van der Waals surface area contributed by atoms with E-state index in [2.05, 4.69) is 4.98 Å². The highest BCUT2D eigenvalue weighted by molar-refractivity contribution is 7.91. The number of H-pyrrole nitrogens is 1. The Labute approximate surface area is 104 Å². The van der Waals surface area contributed by atoms with Gasteiger partial charge in [-0.25, -0.2) is 13.2 Å². The molecule has 6 heteroatoms. The summed E-state index contributed by atoms with van der Waals surface area (Å²) in [5, 5.41) is 0. The second-order valence-electron chi connectivity index (χ2n) is 4.88. The number of imidazole rings is 1. The molecule has 0 spiro atoms. The molecule has 1 aromatic heterocycles. The lowest BCUT2D eigenvalue weighted by Crippen LogP contribution is -2.23. The lowest BCUT2D eigenvalue weighted by atomic mass is 10.2. The van der Waals surface area contributed by atoms with Crippen LogP contribution in [0.25, 0.3) is 11.0 Å². The van der Waals surface area contributed by atoms with Crippen molar-refractivity contribution in [1.82, 2.24) is 9.55 Å². The normalized spacial score (nSPS) is 22.6. The Morgan fingerprint density at radius 1 is 1.39 bits per heavy atom. The van der Waals surface area contributed by atoms with Crippen LogP contribution in [0.3, 0.4) is 0 Å². The summed E-state index contributed by atoms with van der Waals surface area (Å²) >= 11 is 0. The summed E-state index contributed by atoms with van der Waals surface area (Å²) < 4.78 is 24.6. The number of benzene rings is 1. The minimum Gasteiger partial charge on any atom is -0.306 e. The van der Waals surface area contributed by atoms with E-state index in [4.69, 9.17) is 0 Å². The van der Waals surface area contributed by atoms with Crippen molar-refractivity contribution in [2.45, 2.75) is 19.4 Å². The summed E-state index contributed by atoms with van der Waals surface area (Å²) in [6.07, 6.45) is 0.517. The Balaban J connectivity index is 2.20. The van der Waals surface area contributed by atoms with Crippen LogP contribution in [0, 0.1) is 6.92 Å². The van der Waals surface area contributed by atoms with E-state index in [0.717, 1.165) is 16.6 Å². The molecule has 5 nitrogen and oxygen atoms in total. The minimum atomic E-state index is -2.99. The van der Waals surface area contributed by atoms with Crippen molar-refractivity contribution >= 4 is 20.9 Å². The predicted octanol–water partition coefficient (Wildman–Crippen LogP) is 0.998. The van der Waals surface area contributed by atoms with Crippen LogP contribution in [-0.4, -0.2) is 29.5 Å². The number of aromatic amines is 1. The van der Waals surface area contributed by atoms with Crippen LogP contribution in [0.5, 0.6) is 0 Å². The second-order valence-corrected chi connectivity index (χ2v) is 7.11. The Hall–Kier alpha value is -1.56. The number of hydrogen-bond donors (Lipinski definition) is 1. The lowest BCUT2D eigenvalue weighted by Gasteiger charge is -2.10. The third kappa shape index (κ3) is 1.77. The van der Waals surface area contributed by atoms with Crippen LogP contribution in [0.15, 0.2) is 23.0 Å². The van der Waals surface area contributed by atoms with Crippen LogP contribution in [-0.2, 0) is 9.84 Å². The van der Waals surface area contributed by atoms with Gasteiger partial charge in [0, 0.05) is 0 Å². The van der Waals surface area contributed by atoms with Crippen molar-refractivity contribution in [3.05, 3.63) is 34.2 Å². The first-order valence-electron chi connectivity index (χ1n) is 5.87. The smallest absolute Gasteiger partial charge is 0.306 e. The van der Waals surface area contributed by atoms with E-state index in [1.54, 1.807) is 4.57 Å². The topological polar surface area (TPSA) is 71.9 Å². The zero-order valence-corrected chi connectivity index (χ0v) is 10.8. The highest BCUT2D eigenvalue weighted by Gasteiger charge is 2.31. The first-order chi connectivity index (χ1) is 8.46. The fourth-order valence-electron chi connectivity index (χ4n) is 2.57. The van der Waals surface area contributed by atoms with E-state index < -0.39 is 9.84 Å². The molecule has 1 N–H and O–H groups in total. The number of hydrogen-bond acceptors (Lipinski definition) is 3. The summed E-state index contributed by atoms with van der Waals surface area (Å²) in [7, 11) is -2.99. The molecule has 1 unspecified atom stereocenters. The van der Waals surface area contributed by atoms with Crippen molar-refractivity contribution in [3.8, 4) is 0 Å². The Morgan fingerprint density at radius 2 is 2.17 bits per heavy atom. The van der Waals surface area contributed by atoms with E-state index in [0.29, 0.717) is 6.42 Å². The molecule has 2 aromatic rings. The standard InChI is InChI=1S/C12H14N2O3S/c1-8-2-3-10-11(6-8)14(12(15)13-10)9-4-5-18(16,17)7-9/h2-3,6,9H,4-5,7H2,1H3,(H,13,15). The van der Waals surface area contributed by atoms with E-state index in [1.165, 1.54) is 0 Å². The highest BCUT2D eigenvalue weighted by Crippen LogP contribution is 2.25. The van der Waals surface area contributed by atoms with E-state index >= 15 is 0 Å². The molecule has 1 aliphatic heterocycles. The zero-order valence-electron chi connectivity index (χ0n) is 10.0. The fraction of sp³-hybridized carbons (Fsp3) is 0.417. The summed E-state index contributed by atoms with van der Waals surface area (Å²) in [4.78, 5) is 14.7. The van der Waals surface area contributed by atoms with Gasteiger partial charge in [-0.05, 0) is 31.0 Å².